The smallest absolute Gasteiger partial charge is 0.103 e. The molecule has 0 fully saturated rings. The van der Waals surface area contributed by atoms with Gasteiger partial charge in [-0.2, -0.15) is 10.5 Å². The van der Waals surface area contributed by atoms with E-state index in [-0.39, 0.29) is 16.1 Å². The summed E-state index contributed by atoms with van der Waals surface area (Å²) in [6.07, 6.45) is 1.98. The molecule has 0 bridgehead atoms. The summed E-state index contributed by atoms with van der Waals surface area (Å²) in [5, 5.41) is 23.4. The third-order valence-electron chi connectivity index (χ3n) is 3.41. The maximum Gasteiger partial charge on any atom is 0.103 e. The number of hydrogen-bond acceptors (Lipinski definition) is 4. The van der Waals surface area contributed by atoms with Gasteiger partial charge in [0.15, 0.2) is 0 Å². The lowest BCUT2D eigenvalue weighted by Crippen LogP contribution is -2.05. The molecule has 1 N–H and O–H groups in total. The van der Waals surface area contributed by atoms with Crippen molar-refractivity contribution in [3.8, 4) is 12.1 Å². The number of hydrogen-bond donors (Lipinski definition) is 1. The highest BCUT2D eigenvalue weighted by molar-refractivity contribution is 7.99. The van der Waals surface area contributed by atoms with Crippen LogP contribution in [0.2, 0.25) is 15.1 Å². The van der Waals surface area contributed by atoms with E-state index in [1.165, 1.54) is 11.8 Å². The number of benzene rings is 2. The number of nitrogens with zero attached hydrogens (tertiary/aromatic N) is 2. The van der Waals surface area contributed by atoms with Crippen molar-refractivity contribution in [3.05, 3.63) is 50.5 Å². The first-order chi connectivity index (χ1) is 12.0. The summed E-state index contributed by atoms with van der Waals surface area (Å²) in [5.74, 6) is 0. The molecule has 0 radical (unpaired) electrons. The number of nitrogens with one attached hydrogen (secondary N) is 1. The molecule has 2 aromatic carbocycles. The predicted octanol–water partition coefficient (Wildman–Crippen LogP) is 6.75. The monoisotopic (exact) mass is 409 g/mol. The van der Waals surface area contributed by atoms with Crippen LogP contribution in [0.5, 0.6) is 0 Å². The molecule has 0 amide bonds. The van der Waals surface area contributed by atoms with Gasteiger partial charge in [-0.15, -0.1) is 0 Å². The van der Waals surface area contributed by atoms with Gasteiger partial charge in [0.05, 0.1) is 26.9 Å². The van der Waals surface area contributed by atoms with Crippen LogP contribution in [-0.2, 0) is 0 Å². The molecule has 3 nitrogen and oxygen atoms in total. The van der Waals surface area contributed by atoms with E-state index in [0.717, 1.165) is 17.7 Å². The van der Waals surface area contributed by atoms with Crippen LogP contribution in [-0.4, -0.2) is 6.54 Å². The standard InChI is InChI=1S/C18H14Cl3N3S/c1-2-3-6-24-15-8-17(18(21)13(10-23)12(15)9-22)25-16-7-11(19)4-5-14(16)20/h4-5,7-8,24H,2-3,6H2,1H3. The molecule has 0 atom stereocenters. The molecule has 0 saturated carbocycles. The van der Waals surface area contributed by atoms with Crippen LogP contribution >= 0.6 is 46.6 Å². The Bertz CT molecular complexity index is 869. The first-order valence-corrected chi connectivity index (χ1v) is 9.50. The summed E-state index contributed by atoms with van der Waals surface area (Å²) in [5.41, 5.74) is 1.01. The first-order valence-electron chi connectivity index (χ1n) is 7.55. The number of nitriles is 2. The van der Waals surface area contributed by atoms with Gasteiger partial charge >= 0.3 is 0 Å². The van der Waals surface area contributed by atoms with Crippen molar-refractivity contribution >= 4 is 52.3 Å². The highest BCUT2D eigenvalue weighted by Gasteiger charge is 2.18. The Hall–Kier alpha value is -1.56. The zero-order valence-electron chi connectivity index (χ0n) is 13.4. The van der Waals surface area contributed by atoms with E-state index in [1.807, 2.05) is 6.07 Å². The quantitative estimate of drug-likeness (QED) is 0.535. The summed E-state index contributed by atoms with van der Waals surface area (Å²) in [4.78, 5) is 1.37. The molecule has 0 spiro atoms. The minimum Gasteiger partial charge on any atom is -0.384 e. The number of unbranched alkanes of at least 4 members (excludes halogenated alkanes) is 1. The fourth-order valence-electron chi connectivity index (χ4n) is 2.14. The van der Waals surface area contributed by atoms with E-state index in [4.69, 9.17) is 34.8 Å². The average molecular weight is 411 g/mol. The highest BCUT2D eigenvalue weighted by atomic mass is 35.5. The molecular formula is C18H14Cl3N3S. The maximum atomic E-state index is 9.45. The van der Waals surface area contributed by atoms with Crippen molar-refractivity contribution in [2.45, 2.75) is 29.6 Å². The number of rotatable bonds is 6. The molecule has 0 aliphatic carbocycles. The zero-order chi connectivity index (χ0) is 18.4. The van der Waals surface area contributed by atoms with Gasteiger partial charge in [-0.3, -0.25) is 0 Å². The van der Waals surface area contributed by atoms with Gasteiger partial charge in [-0.1, -0.05) is 59.9 Å². The SMILES string of the molecule is CCCCNc1cc(Sc2cc(Cl)ccc2Cl)c(Cl)c(C#N)c1C#N. The van der Waals surface area contributed by atoms with Gasteiger partial charge in [0.2, 0.25) is 0 Å². The largest absolute Gasteiger partial charge is 0.384 e. The fraction of sp³-hybridized carbons (Fsp3) is 0.222. The zero-order valence-corrected chi connectivity index (χ0v) is 16.5. The van der Waals surface area contributed by atoms with Crippen molar-refractivity contribution in [3.63, 3.8) is 0 Å². The van der Waals surface area contributed by atoms with Gasteiger partial charge in [0.1, 0.15) is 12.1 Å². The second kappa shape index (κ2) is 9.22. The van der Waals surface area contributed by atoms with Gasteiger partial charge in [0.25, 0.3) is 0 Å². The molecule has 2 rings (SSSR count). The third-order valence-corrected chi connectivity index (χ3v) is 5.69. The topological polar surface area (TPSA) is 59.6 Å². The molecule has 7 heteroatoms. The van der Waals surface area contributed by atoms with Crippen molar-refractivity contribution in [2.75, 3.05) is 11.9 Å². The van der Waals surface area contributed by atoms with E-state index >= 15 is 0 Å². The normalized spacial score (nSPS) is 10.2. The van der Waals surface area contributed by atoms with E-state index < -0.39 is 0 Å². The Morgan fingerprint density at radius 1 is 1.04 bits per heavy atom. The second-order valence-electron chi connectivity index (χ2n) is 5.17. The van der Waals surface area contributed by atoms with Gasteiger partial charge in [-0.25, -0.2) is 0 Å². The summed E-state index contributed by atoms with van der Waals surface area (Å²) >= 11 is 19.9. The third kappa shape index (κ3) is 4.75. The van der Waals surface area contributed by atoms with Crippen molar-refractivity contribution in [1.29, 1.82) is 10.5 Å². The van der Waals surface area contributed by atoms with Crippen LogP contribution in [0.25, 0.3) is 0 Å². The molecule has 0 aliphatic rings. The van der Waals surface area contributed by atoms with E-state index in [0.29, 0.717) is 27.2 Å². The molecule has 0 heterocycles. The lowest BCUT2D eigenvalue weighted by Gasteiger charge is -2.14. The van der Waals surface area contributed by atoms with Gasteiger partial charge in [0, 0.05) is 21.4 Å². The molecular weight excluding hydrogens is 397 g/mol. The molecule has 0 unspecified atom stereocenters. The van der Waals surface area contributed by atoms with Crippen LogP contribution in [0.15, 0.2) is 34.1 Å². The van der Waals surface area contributed by atoms with Crippen molar-refractivity contribution < 1.29 is 0 Å². The van der Waals surface area contributed by atoms with E-state index in [9.17, 15) is 10.5 Å². The second-order valence-corrected chi connectivity index (χ2v) is 7.47. The van der Waals surface area contributed by atoms with Crippen LogP contribution in [0.4, 0.5) is 5.69 Å². The Labute approximate surface area is 166 Å². The molecule has 25 heavy (non-hydrogen) atoms. The summed E-state index contributed by atoms with van der Waals surface area (Å²) in [7, 11) is 0. The summed E-state index contributed by atoms with van der Waals surface area (Å²) in [6.45, 7) is 2.79. The lowest BCUT2D eigenvalue weighted by molar-refractivity contribution is 0.834. The molecule has 0 aromatic heterocycles. The highest BCUT2D eigenvalue weighted by Crippen LogP contribution is 2.42. The molecule has 0 aliphatic heterocycles. The number of anilines is 1. The maximum absolute atomic E-state index is 9.45. The van der Waals surface area contributed by atoms with Gasteiger partial charge in [-0.05, 0) is 30.7 Å². The summed E-state index contributed by atoms with van der Waals surface area (Å²) < 4.78 is 0. The number of halogens is 3. The van der Waals surface area contributed by atoms with Crippen LogP contribution in [0, 0.1) is 22.7 Å². The van der Waals surface area contributed by atoms with Crippen molar-refractivity contribution in [1.82, 2.24) is 0 Å². The fourth-order valence-corrected chi connectivity index (χ4v) is 3.88. The van der Waals surface area contributed by atoms with E-state index in [1.54, 1.807) is 24.3 Å². The minimum absolute atomic E-state index is 0.159. The average Bonchev–Trinajstić information content (AvgIpc) is 2.60. The van der Waals surface area contributed by atoms with Crippen molar-refractivity contribution in [2.24, 2.45) is 0 Å². The van der Waals surface area contributed by atoms with E-state index in [2.05, 4.69) is 18.3 Å². The molecule has 128 valence electrons. The van der Waals surface area contributed by atoms with Crippen LogP contribution in [0.1, 0.15) is 30.9 Å². The lowest BCUT2D eigenvalue weighted by atomic mass is 10.1. The minimum atomic E-state index is 0.159. The molecule has 2 aromatic rings. The Morgan fingerprint density at radius 3 is 2.40 bits per heavy atom. The Kier molecular flexibility index (Phi) is 7.29. The van der Waals surface area contributed by atoms with Crippen LogP contribution < -0.4 is 5.32 Å². The van der Waals surface area contributed by atoms with Gasteiger partial charge < -0.3 is 5.32 Å². The molecule has 0 saturated heterocycles. The Balaban J connectivity index is 2.50. The summed E-state index contributed by atoms with van der Waals surface area (Å²) in [6, 6.07) is 11.0. The van der Waals surface area contributed by atoms with Crippen LogP contribution in [0.3, 0.4) is 0 Å². The Morgan fingerprint density at radius 2 is 1.76 bits per heavy atom. The predicted molar refractivity (Wildman–Crippen MR) is 105 cm³/mol. The first kappa shape index (κ1) is 19.8.